The van der Waals surface area contributed by atoms with Crippen LogP contribution in [-0.2, 0) is 17.8 Å². The molecule has 1 aliphatic rings. The van der Waals surface area contributed by atoms with Crippen molar-refractivity contribution in [2.24, 2.45) is 0 Å². The van der Waals surface area contributed by atoms with Crippen LogP contribution in [-0.4, -0.2) is 34.6 Å². The summed E-state index contributed by atoms with van der Waals surface area (Å²) in [5.41, 5.74) is 1.97. The minimum absolute atomic E-state index is 0.0504. The molecular formula is C15H19ClN4O. The second-order valence-corrected chi connectivity index (χ2v) is 5.75. The summed E-state index contributed by atoms with van der Waals surface area (Å²) in [5.74, 6) is 0.984. The Kier molecular flexibility index (Phi) is 4.12. The molecular weight excluding hydrogens is 288 g/mol. The van der Waals surface area contributed by atoms with E-state index in [1.807, 2.05) is 18.2 Å². The minimum Gasteiger partial charge on any atom is -0.353 e. The molecule has 5 nitrogen and oxygen atoms in total. The van der Waals surface area contributed by atoms with Crippen LogP contribution >= 0.6 is 11.6 Å². The number of amides is 1. The first-order chi connectivity index (χ1) is 10.2. The molecule has 2 heterocycles. The number of hydrogen-bond acceptors (Lipinski definition) is 3. The molecule has 1 amide bonds. The number of benzene rings is 1. The molecule has 2 aromatic rings. The van der Waals surface area contributed by atoms with Gasteiger partial charge < -0.3 is 15.2 Å². The van der Waals surface area contributed by atoms with E-state index in [2.05, 4.69) is 27.1 Å². The number of halogens is 1. The molecule has 1 atom stereocenters. The Morgan fingerprint density at radius 2 is 2.29 bits per heavy atom. The van der Waals surface area contributed by atoms with E-state index in [9.17, 15) is 4.79 Å². The van der Waals surface area contributed by atoms with Crippen molar-refractivity contribution in [2.75, 3.05) is 13.1 Å². The first-order valence-corrected chi connectivity index (χ1v) is 7.72. The first-order valence-electron chi connectivity index (χ1n) is 7.35. The topological polar surface area (TPSA) is 59.0 Å². The Bertz CT molecular complexity index is 667. The van der Waals surface area contributed by atoms with E-state index < -0.39 is 0 Å². The van der Waals surface area contributed by atoms with Crippen LogP contribution in [0.2, 0.25) is 5.02 Å². The number of nitrogens with zero attached hydrogens (tertiary/aromatic N) is 2. The maximum absolute atomic E-state index is 11.9. The lowest BCUT2D eigenvalue weighted by molar-refractivity contribution is -0.124. The highest BCUT2D eigenvalue weighted by atomic mass is 35.5. The Morgan fingerprint density at radius 1 is 1.43 bits per heavy atom. The molecule has 1 fully saturated rings. The zero-order valence-electron chi connectivity index (χ0n) is 12.0. The molecule has 0 radical (unpaired) electrons. The SMILES string of the molecule is CCCn1c(CC2NCCNC2=O)nc2ccc(Cl)cc21. The lowest BCUT2D eigenvalue weighted by Crippen LogP contribution is -2.54. The average molecular weight is 307 g/mol. The number of aryl methyl sites for hydroxylation is 1. The average Bonchev–Trinajstić information content (AvgIpc) is 2.79. The normalized spacial score (nSPS) is 19.0. The summed E-state index contributed by atoms with van der Waals surface area (Å²) in [6.45, 7) is 4.50. The van der Waals surface area contributed by atoms with Crippen molar-refractivity contribution in [1.82, 2.24) is 20.2 Å². The van der Waals surface area contributed by atoms with Gasteiger partial charge in [-0.3, -0.25) is 4.79 Å². The minimum atomic E-state index is -0.207. The van der Waals surface area contributed by atoms with Gasteiger partial charge in [-0.2, -0.15) is 0 Å². The van der Waals surface area contributed by atoms with E-state index in [1.165, 1.54) is 0 Å². The standard InChI is InChI=1S/C15H19ClN4O/c1-2-7-20-13-8-10(16)3-4-11(13)19-14(20)9-12-15(21)18-6-5-17-12/h3-4,8,12,17H,2,5-7,9H2,1H3,(H,18,21). The molecule has 0 spiro atoms. The predicted molar refractivity (Wildman–Crippen MR) is 83.5 cm³/mol. The van der Waals surface area contributed by atoms with E-state index in [0.717, 1.165) is 36.4 Å². The summed E-state index contributed by atoms with van der Waals surface area (Å²) in [4.78, 5) is 16.6. The zero-order chi connectivity index (χ0) is 14.8. The Labute approximate surface area is 128 Å². The van der Waals surface area contributed by atoms with Crippen LogP contribution in [0.1, 0.15) is 19.2 Å². The highest BCUT2D eigenvalue weighted by Crippen LogP contribution is 2.22. The van der Waals surface area contributed by atoms with Gasteiger partial charge in [-0.15, -0.1) is 0 Å². The molecule has 0 saturated carbocycles. The number of hydrogen-bond donors (Lipinski definition) is 2. The lowest BCUT2D eigenvalue weighted by Gasteiger charge is -2.23. The fourth-order valence-electron chi connectivity index (χ4n) is 2.77. The van der Waals surface area contributed by atoms with Crippen molar-refractivity contribution in [3.63, 3.8) is 0 Å². The third-order valence-electron chi connectivity index (χ3n) is 3.75. The third kappa shape index (κ3) is 2.89. The van der Waals surface area contributed by atoms with Gasteiger partial charge in [0.2, 0.25) is 5.91 Å². The lowest BCUT2D eigenvalue weighted by atomic mass is 10.1. The third-order valence-corrected chi connectivity index (χ3v) is 3.99. The molecule has 3 rings (SSSR count). The van der Waals surface area contributed by atoms with Gasteiger partial charge in [-0.25, -0.2) is 4.98 Å². The van der Waals surface area contributed by atoms with E-state index in [4.69, 9.17) is 11.6 Å². The van der Waals surface area contributed by atoms with Crippen LogP contribution in [0.4, 0.5) is 0 Å². The molecule has 1 aromatic heterocycles. The molecule has 2 N–H and O–H groups in total. The first kappa shape index (κ1) is 14.4. The van der Waals surface area contributed by atoms with Crippen molar-refractivity contribution >= 4 is 28.5 Å². The Hall–Kier alpha value is -1.59. The second kappa shape index (κ2) is 6.03. The number of carbonyl (C=O) groups excluding carboxylic acids is 1. The van der Waals surface area contributed by atoms with Crippen molar-refractivity contribution in [3.05, 3.63) is 29.0 Å². The summed E-state index contributed by atoms with van der Waals surface area (Å²) in [6.07, 6.45) is 1.60. The predicted octanol–water partition coefficient (Wildman–Crippen LogP) is 1.73. The highest BCUT2D eigenvalue weighted by molar-refractivity contribution is 6.31. The molecule has 1 saturated heterocycles. The summed E-state index contributed by atoms with van der Waals surface area (Å²) in [5, 5.41) is 6.85. The van der Waals surface area contributed by atoms with Gasteiger partial charge in [0.1, 0.15) is 5.82 Å². The van der Waals surface area contributed by atoms with Gasteiger partial charge in [0.15, 0.2) is 0 Å². The fraction of sp³-hybridized carbons (Fsp3) is 0.467. The van der Waals surface area contributed by atoms with Crippen LogP contribution in [0.5, 0.6) is 0 Å². The van der Waals surface area contributed by atoms with Gasteiger partial charge in [-0.1, -0.05) is 18.5 Å². The summed E-state index contributed by atoms with van der Waals surface area (Å²) in [7, 11) is 0. The van der Waals surface area contributed by atoms with Gasteiger partial charge in [0, 0.05) is 31.1 Å². The molecule has 112 valence electrons. The molecule has 21 heavy (non-hydrogen) atoms. The summed E-state index contributed by atoms with van der Waals surface area (Å²) in [6, 6.07) is 5.52. The van der Waals surface area contributed by atoms with E-state index in [0.29, 0.717) is 18.0 Å². The van der Waals surface area contributed by atoms with Gasteiger partial charge in [0.25, 0.3) is 0 Å². The van der Waals surface area contributed by atoms with E-state index >= 15 is 0 Å². The maximum atomic E-state index is 11.9. The molecule has 0 bridgehead atoms. The smallest absolute Gasteiger partial charge is 0.237 e. The quantitative estimate of drug-likeness (QED) is 0.904. The van der Waals surface area contributed by atoms with Crippen molar-refractivity contribution < 1.29 is 4.79 Å². The monoisotopic (exact) mass is 306 g/mol. The van der Waals surface area contributed by atoms with Crippen LogP contribution in [0.15, 0.2) is 18.2 Å². The van der Waals surface area contributed by atoms with Gasteiger partial charge in [0.05, 0.1) is 17.1 Å². The van der Waals surface area contributed by atoms with E-state index in [-0.39, 0.29) is 11.9 Å². The number of rotatable bonds is 4. The number of imidazole rings is 1. The fourth-order valence-corrected chi connectivity index (χ4v) is 2.94. The molecule has 0 aliphatic carbocycles. The van der Waals surface area contributed by atoms with Crippen LogP contribution in [0.25, 0.3) is 11.0 Å². The summed E-state index contributed by atoms with van der Waals surface area (Å²) < 4.78 is 2.17. The number of aromatic nitrogens is 2. The molecule has 6 heteroatoms. The van der Waals surface area contributed by atoms with Gasteiger partial charge >= 0.3 is 0 Å². The highest BCUT2D eigenvalue weighted by Gasteiger charge is 2.24. The number of piperazine rings is 1. The zero-order valence-corrected chi connectivity index (χ0v) is 12.8. The largest absolute Gasteiger partial charge is 0.353 e. The number of fused-ring (bicyclic) bond motifs is 1. The molecule has 1 aliphatic heterocycles. The Morgan fingerprint density at radius 3 is 3.05 bits per heavy atom. The van der Waals surface area contributed by atoms with Crippen molar-refractivity contribution in [1.29, 1.82) is 0 Å². The van der Waals surface area contributed by atoms with Crippen LogP contribution in [0.3, 0.4) is 0 Å². The van der Waals surface area contributed by atoms with Crippen molar-refractivity contribution in [3.8, 4) is 0 Å². The van der Waals surface area contributed by atoms with Crippen LogP contribution in [0, 0.1) is 0 Å². The summed E-state index contributed by atoms with van der Waals surface area (Å²) >= 11 is 6.10. The number of nitrogens with one attached hydrogen (secondary N) is 2. The van der Waals surface area contributed by atoms with Crippen LogP contribution < -0.4 is 10.6 Å². The Balaban J connectivity index is 1.96. The second-order valence-electron chi connectivity index (χ2n) is 5.31. The molecule has 1 aromatic carbocycles. The number of carbonyl (C=O) groups is 1. The maximum Gasteiger partial charge on any atom is 0.237 e. The van der Waals surface area contributed by atoms with Gasteiger partial charge in [-0.05, 0) is 24.6 Å². The van der Waals surface area contributed by atoms with Crippen molar-refractivity contribution in [2.45, 2.75) is 32.4 Å². The molecule has 1 unspecified atom stereocenters. The van der Waals surface area contributed by atoms with E-state index in [1.54, 1.807) is 0 Å².